The van der Waals surface area contributed by atoms with Gasteiger partial charge in [-0.1, -0.05) is 37.1 Å². The molecule has 2 heterocycles. The maximum Gasteiger partial charge on any atom is 0.230 e. The lowest BCUT2D eigenvalue weighted by Gasteiger charge is -2.36. The number of ether oxygens (including phenoxy) is 1. The molecule has 0 unspecified atom stereocenters. The second-order valence-corrected chi connectivity index (χ2v) is 9.08. The molecular formula is C23H31N5O2S. The molecule has 2 aliphatic rings. The number of piperazine rings is 1. The molecule has 4 rings (SSSR count). The van der Waals surface area contributed by atoms with Crippen LogP contribution in [0.2, 0.25) is 0 Å². The number of methoxy groups -OCH3 is 1. The minimum absolute atomic E-state index is 0.101. The number of nitrogens with zero attached hydrogens (tertiary/aromatic N) is 4. The van der Waals surface area contributed by atoms with Crippen LogP contribution in [-0.4, -0.2) is 61.0 Å². The fourth-order valence-electron chi connectivity index (χ4n) is 4.24. The lowest BCUT2D eigenvalue weighted by Crippen LogP contribution is -2.46. The van der Waals surface area contributed by atoms with E-state index in [0.717, 1.165) is 55.6 Å². The molecule has 1 amide bonds. The van der Waals surface area contributed by atoms with E-state index in [1.807, 2.05) is 18.2 Å². The van der Waals surface area contributed by atoms with E-state index >= 15 is 0 Å². The van der Waals surface area contributed by atoms with Crippen LogP contribution in [0, 0.1) is 0 Å². The molecule has 0 bridgehead atoms. The van der Waals surface area contributed by atoms with Crippen molar-refractivity contribution in [3.63, 3.8) is 0 Å². The van der Waals surface area contributed by atoms with Crippen molar-refractivity contribution in [2.75, 3.05) is 48.8 Å². The number of rotatable bonds is 7. The maximum absolute atomic E-state index is 12.3. The predicted molar refractivity (Wildman–Crippen MR) is 125 cm³/mol. The number of anilines is 2. The van der Waals surface area contributed by atoms with E-state index < -0.39 is 0 Å². The molecule has 1 N–H and O–H groups in total. The van der Waals surface area contributed by atoms with Crippen molar-refractivity contribution in [3.8, 4) is 5.75 Å². The second kappa shape index (κ2) is 10.7. The van der Waals surface area contributed by atoms with Crippen LogP contribution in [0.4, 0.5) is 11.5 Å². The third kappa shape index (κ3) is 6.03. The van der Waals surface area contributed by atoms with Gasteiger partial charge < -0.3 is 19.9 Å². The van der Waals surface area contributed by atoms with Gasteiger partial charge in [-0.25, -0.2) is 9.97 Å². The van der Waals surface area contributed by atoms with Crippen LogP contribution in [0.15, 0.2) is 41.7 Å². The van der Waals surface area contributed by atoms with E-state index in [4.69, 9.17) is 4.74 Å². The summed E-state index contributed by atoms with van der Waals surface area (Å²) in [5.41, 5.74) is 1.18. The van der Waals surface area contributed by atoms with Gasteiger partial charge in [0, 0.05) is 50.0 Å². The van der Waals surface area contributed by atoms with Gasteiger partial charge >= 0.3 is 0 Å². The van der Waals surface area contributed by atoms with E-state index in [1.54, 1.807) is 13.4 Å². The molecule has 1 aliphatic heterocycles. The molecule has 0 atom stereocenters. The largest absolute Gasteiger partial charge is 0.497 e. The number of amides is 1. The average Bonchev–Trinajstić information content (AvgIpc) is 2.84. The van der Waals surface area contributed by atoms with Crippen LogP contribution in [0.3, 0.4) is 0 Å². The standard InChI is InChI=1S/C23H31N5O2S/c1-30-20-9-5-8-19(14-20)27-10-12-28(13-11-27)21-15-23(25-17-24-21)31-16-22(29)26-18-6-3-2-4-7-18/h5,8-9,14-15,17-18H,2-4,6-7,10-13,16H2,1H3,(H,26,29). The molecule has 1 aromatic carbocycles. The molecule has 1 saturated carbocycles. The highest BCUT2D eigenvalue weighted by atomic mass is 32.2. The smallest absolute Gasteiger partial charge is 0.230 e. The zero-order valence-corrected chi connectivity index (χ0v) is 18.9. The summed E-state index contributed by atoms with van der Waals surface area (Å²) in [4.78, 5) is 25.8. The van der Waals surface area contributed by atoms with Gasteiger partial charge in [0.1, 0.15) is 22.9 Å². The third-order valence-corrected chi connectivity index (χ3v) is 6.90. The lowest BCUT2D eigenvalue weighted by atomic mass is 9.95. The van der Waals surface area contributed by atoms with Crippen LogP contribution < -0.4 is 19.9 Å². The Balaban J connectivity index is 1.28. The van der Waals surface area contributed by atoms with Crippen molar-refractivity contribution in [2.45, 2.75) is 43.2 Å². The Morgan fingerprint density at radius 3 is 2.65 bits per heavy atom. The Bertz CT molecular complexity index is 867. The molecule has 166 valence electrons. The molecule has 8 heteroatoms. The second-order valence-electron chi connectivity index (χ2n) is 8.08. The third-order valence-electron chi connectivity index (χ3n) is 5.97. The monoisotopic (exact) mass is 441 g/mol. The van der Waals surface area contributed by atoms with Crippen LogP contribution in [0.5, 0.6) is 5.75 Å². The number of thioether (sulfide) groups is 1. The minimum Gasteiger partial charge on any atom is -0.497 e. The Morgan fingerprint density at radius 2 is 1.87 bits per heavy atom. The number of hydrogen-bond donors (Lipinski definition) is 1. The molecule has 31 heavy (non-hydrogen) atoms. The van der Waals surface area contributed by atoms with E-state index in [1.165, 1.54) is 36.7 Å². The lowest BCUT2D eigenvalue weighted by molar-refractivity contribution is -0.119. The number of carbonyl (C=O) groups excluding carboxylic acids is 1. The molecule has 1 aromatic heterocycles. The Morgan fingerprint density at radius 1 is 1.10 bits per heavy atom. The van der Waals surface area contributed by atoms with Gasteiger partial charge in [0.15, 0.2) is 0 Å². The fraction of sp³-hybridized carbons (Fsp3) is 0.522. The normalized spacial score (nSPS) is 17.5. The quantitative estimate of drug-likeness (QED) is 0.522. The number of hydrogen-bond acceptors (Lipinski definition) is 7. The number of nitrogens with one attached hydrogen (secondary N) is 1. The molecule has 2 fully saturated rings. The van der Waals surface area contributed by atoms with Crippen molar-refractivity contribution in [1.82, 2.24) is 15.3 Å². The topological polar surface area (TPSA) is 70.6 Å². The minimum atomic E-state index is 0.101. The SMILES string of the molecule is COc1cccc(N2CCN(c3cc(SCC(=O)NC4CCCCC4)ncn3)CC2)c1. The van der Waals surface area contributed by atoms with Gasteiger partial charge in [-0.3, -0.25) is 4.79 Å². The molecule has 0 radical (unpaired) electrons. The molecule has 2 aromatic rings. The highest BCUT2D eigenvalue weighted by Crippen LogP contribution is 2.25. The average molecular weight is 442 g/mol. The maximum atomic E-state index is 12.3. The highest BCUT2D eigenvalue weighted by Gasteiger charge is 2.20. The van der Waals surface area contributed by atoms with E-state index in [2.05, 4.69) is 37.2 Å². The van der Waals surface area contributed by atoms with E-state index in [-0.39, 0.29) is 5.91 Å². The first-order chi connectivity index (χ1) is 15.2. The molecular weight excluding hydrogens is 410 g/mol. The van der Waals surface area contributed by atoms with Gasteiger partial charge in [-0.15, -0.1) is 0 Å². The summed E-state index contributed by atoms with van der Waals surface area (Å²) in [6.07, 6.45) is 7.55. The Labute approximate surface area is 188 Å². The summed E-state index contributed by atoms with van der Waals surface area (Å²) >= 11 is 1.48. The summed E-state index contributed by atoms with van der Waals surface area (Å²) in [7, 11) is 1.70. The zero-order chi connectivity index (χ0) is 21.5. The number of benzene rings is 1. The van der Waals surface area contributed by atoms with Crippen molar-refractivity contribution >= 4 is 29.2 Å². The fourth-order valence-corrected chi connectivity index (χ4v) is 4.91. The molecule has 1 aliphatic carbocycles. The van der Waals surface area contributed by atoms with Crippen LogP contribution in [0.25, 0.3) is 0 Å². The van der Waals surface area contributed by atoms with E-state index in [9.17, 15) is 4.79 Å². The van der Waals surface area contributed by atoms with Crippen molar-refractivity contribution in [3.05, 3.63) is 36.7 Å². The Hall–Kier alpha value is -2.48. The van der Waals surface area contributed by atoms with Gasteiger partial charge in [0.25, 0.3) is 0 Å². The zero-order valence-electron chi connectivity index (χ0n) is 18.1. The summed E-state index contributed by atoms with van der Waals surface area (Å²) in [6, 6.07) is 10.5. The van der Waals surface area contributed by atoms with Crippen molar-refractivity contribution in [2.24, 2.45) is 0 Å². The van der Waals surface area contributed by atoms with Crippen LogP contribution in [0.1, 0.15) is 32.1 Å². The van der Waals surface area contributed by atoms with Crippen molar-refractivity contribution in [1.29, 1.82) is 0 Å². The van der Waals surface area contributed by atoms with Gasteiger partial charge in [0.2, 0.25) is 5.91 Å². The Kier molecular flexibility index (Phi) is 7.51. The predicted octanol–water partition coefficient (Wildman–Crippen LogP) is 3.35. The highest BCUT2D eigenvalue weighted by molar-refractivity contribution is 7.99. The first-order valence-electron chi connectivity index (χ1n) is 11.1. The first-order valence-corrected chi connectivity index (χ1v) is 12.1. The van der Waals surface area contributed by atoms with Gasteiger partial charge in [-0.05, 0) is 25.0 Å². The van der Waals surface area contributed by atoms with E-state index in [0.29, 0.717) is 11.8 Å². The summed E-state index contributed by atoms with van der Waals surface area (Å²) < 4.78 is 5.35. The van der Waals surface area contributed by atoms with Gasteiger partial charge in [-0.2, -0.15) is 0 Å². The summed E-state index contributed by atoms with van der Waals surface area (Å²) in [5.74, 6) is 2.31. The van der Waals surface area contributed by atoms with Crippen molar-refractivity contribution < 1.29 is 9.53 Å². The van der Waals surface area contributed by atoms with Crippen LogP contribution >= 0.6 is 11.8 Å². The van der Waals surface area contributed by atoms with Gasteiger partial charge in [0.05, 0.1) is 12.9 Å². The first kappa shape index (κ1) is 21.7. The molecule has 1 saturated heterocycles. The van der Waals surface area contributed by atoms with Crippen LogP contribution in [-0.2, 0) is 4.79 Å². The number of aromatic nitrogens is 2. The molecule has 7 nitrogen and oxygen atoms in total. The summed E-state index contributed by atoms with van der Waals surface area (Å²) in [5, 5.41) is 4.01. The number of carbonyl (C=O) groups is 1. The summed E-state index contributed by atoms with van der Waals surface area (Å²) in [6.45, 7) is 3.62. The molecule has 0 spiro atoms.